The van der Waals surface area contributed by atoms with E-state index in [-0.39, 0.29) is 0 Å². The van der Waals surface area contributed by atoms with Gasteiger partial charge in [0.2, 0.25) is 0 Å². The summed E-state index contributed by atoms with van der Waals surface area (Å²) >= 11 is 0. The summed E-state index contributed by atoms with van der Waals surface area (Å²) in [5.41, 5.74) is 0.396. The number of likely N-dealkylation sites (tertiary alicyclic amines) is 1. The number of rotatable bonds is 5. The van der Waals surface area contributed by atoms with Crippen LogP contribution in [0.25, 0.3) is 0 Å². The summed E-state index contributed by atoms with van der Waals surface area (Å²) in [6.45, 7) is 14.5. The molecule has 1 saturated carbocycles. The molecule has 2 aliphatic rings. The van der Waals surface area contributed by atoms with Crippen molar-refractivity contribution in [3.8, 4) is 0 Å². The predicted octanol–water partition coefficient (Wildman–Crippen LogP) is 4.30. The number of nitrogens with zero attached hydrogens (tertiary/aromatic N) is 1. The Morgan fingerprint density at radius 3 is 2.33 bits per heavy atom. The van der Waals surface area contributed by atoms with E-state index in [1.165, 1.54) is 64.6 Å². The van der Waals surface area contributed by atoms with Gasteiger partial charge < -0.3 is 10.2 Å². The van der Waals surface area contributed by atoms with Gasteiger partial charge >= 0.3 is 0 Å². The number of piperidine rings is 1. The first-order valence-corrected chi connectivity index (χ1v) is 9.42. The molecule has 0 spiro atoms. The van der Waals surface area contributed by atoms with Crippen LogP contribution in [0, 0.1) is 17.3 Å². The van der Waals surface area contributed by atoms with E-state index in [0.29, 0.717) is 11.5 Å². The van der Waals surface area contributed by atoms with Crippen molar-refractivity contribution in [3.63, 3.8) is 0 Å². The van der Waals surface area contributed by atoms with Crippen molar-refractivity contribution in [1.29, 1.82) is 0 Å². The molecule has 124 valence electrons. The predicted molar refractivity (Wildman–Crippen MR) is 92.7 cm³/mol. The third kappa shape index (κ3) is 6.28. The minimum atomic E-state index is 0.396. The van der Waals surface area contributed by atoms with Crippen LogP contribution in [0.3, 0.4) is 0 Å². The SMILES string of the molecule is CCC1CC(NCC(C)(C)C)CN(CC2CCCCC2)C1. The summed E-state index contributed by atoms with van der Waals surface area (Å²) in [5, 5.41) is 3.85. The standard InChI is InChI=1S/C19H38N2/c1-5-16-11-18(20-15-19(2,3)4)14-21(12-16)13-17-9-7-6-8-10-17/h16-18,20H,5-15H2,1-4H3. The lowest BCUT2D eigenvalue weighted by atomic mass is 9.86. The van der Waals surface area contributed by atoms with Gasteiger partial charge in [0.15, 0.2) is 0 Å². The Balaban J connectivity index is 1.82. The van der Waals surface area contributed by atoms with Gasteiger partial charge in [0.1, 0.15) is 0 Å². The van der Waals surface area contributed by atoms with Crippen molar-refractivity contribution in [3.05, 3.63) is 0 Å². The maximum absolute atomic E-state index is 3.85. The van der Waals surface area contributed by atoms with E-state index in [1.807, 2.05) is 0 Å². The highest BCUT2D eigenvalue weighted by Gasteiger charge is 2.28. The van der Waals surface area contributed by atoms with Gasteiger partial charge in [0, 0.05) is 32.2 Å². The molecule has 2 atom stereocenters. The highest BCUT2D eigenvalue weighted by atomic mass is 15.2. The maximum Gasteiger partial charge on any atom is 0.0198 e. The lowest BCUT2D eigenvalue weighted by Crippen LogP contribution is -2.51. The molecule has 0 aromatic carbocycles. The van der Waals surface area contributed by atoms with Crippen molar-refractivity contribution in [2.75, 3.05) is 26.2 Å². The second kappa shape index (κ2) is 7.97. The molecular formula is C19H38N2. The average Bonchev–Trinajstić information content (AvgIpc) is 2.45. The van der Waals surface area contributed by atoms with Crippen molar-refractivity contribution in [2.24, 2.45) is 17.3 Å². The molecular weight excluding hydrogens is 256 g/mol. The van der Waals surface area contributed by atoms with E-state index < -0.39 is 0 Å². The van der Waals surface area contributed by atoms with Gasteiger partial charge in [-0.25, -0.2) is 0 Å². The van der Waals surface area contributed by atoms with Crippen LogP contribution in [0.1, 0.15) is 72.6 Å². The van der Waals surface area contributed by atoms with Crippen LogP contribution in [0.5, 0.6) is 0 Å². The molecule has 0 amide bonds. The zero-order chi connectivity index (χ0) is 15.3. The van der Waals surface area contributed by atoms with Crippen molar-refractivity contribution in [1.82, 2.24) is 10.2 Å². The van der Waals surface area contributed by atoms with Crippen LogP contribution in [-0.2, 0) is 0 Å². The normalized spacial score (nSPS) is 29.7. The minimum Gasteiger partial charge on any atom is -0.312 e. The van der Waals surface area contributed by atoms with Gasteiger partial charge in [-0.05, 0) is 36.5 Å². The van der Waals surface area contributed by atoms with Crippen LogP contribution in [-0.4, -0.2) is 37.1 Å². The van der Waals surface area contributed by atoms with Gasteiger partial charge in [-0.15, -0.1) is 0 Å². The summed E-state index contributed by atoms with van der Waals surface area (Å²) in [6.07, 6.45) is 10.1. The zero-order valence-corrected chi connectivity index (χ0v) is 15.0. The minimum absolute atomic E-state index is 0.396. The first kappa shape index (κ1) is 17.3. The first-order valence-electron chi connectivity index (χ1n) is 9.42. The summed E-state index contributed by atoms with van der Waals surface area (Å²) in [5.74, 6) is 1.89. The average molecular weight is 295 g/mol. The molecule has 0 bridgehead atoms. The molecule has 1 saturated heterocycles. The fourth-order valence-electron chi connectivity index (χ4n) is 4.08. The lowest BCUT2D eigenvalue weighted by molar-refractivity contribution is 0.107. The van der Waals surface area contributed by atoms with Crippen LogP contribution in [0.2, 0.25) is 0 Å². The summed E-state index contributed by atoms with van der Waals surface area (Å²) in [6, 6.07) is 0.714. The molecule has 2 nitrogen and oxygen atoms in total. The third-order valence-corrected chi connectivity index (χ3v) is 5.35. The van der Waals surface area contributed by atoms with Crippen LogP contribution in [0.15, 0.2) is 0 Å². The second-order valence-corrected chi connectivity index (χ2v) is 8.87. The highest BCUT2D eigenvalue weighted by molar-refractivity contribution is 4.85. The Hall–Kier alpha value is -0.0800. The molecule has 0 aromatic heterocycles. The molecule has 1 heterocycles. The van der Waals surface area contributed by atoms with Crippen LogP contribution < -0.4 is 5.32 Å². The molecule has 0 radical (unpaired) electrons. The lowest BCUT2D eigenvalue weighted by Gasteiger charge is -2.41. The van der Waals surface area contributed by atoms with E-state index in [4.69, 9.17) is 0 Å². The topological polar surface area (TPSA) is 15.3 Å². The Morgan fingerprint density at radius 2 is 1.71 bits per heavy atom. The number of hydrogen-bond acceptors (Lipinski definition) is 2. The smallest absolute Gasteiger partial charge is 0.0198 e. The monoisotopic (exact) mass is 294 g/mol. The Kier molecular flexibility index (Phi) is 6.55. The molecule has 21 heavy (non-hydrogen) atoms. The van der Waals surface area contributed by atoms with E-state index in [0.717, 1.165) is 18.4 Å². The van der Waals surface area contributed by atoms with Gasteiger partial charge in [-0.1, -0.05) is 53.4 Å². The zero-order valence-electron chi connectivity index (χ0n) is 15.0. The Morgan fingerprint density at radius 1 is 1.00 bits per heavy atom. The van der Waals surface area contributed by atoms with E-state index in [2.05, 4.69) is 37.9 Å². The molecule has 2 fully saturated rings. The van der Waals surface area contributed by atoms with Gasteiger partial charge in [0.05, 0.1) is 0 Å². The maximum atomic E-state index is 3.85. The molecule has 1 aliphatic heterocycles. The van der Waals surface area contributed by atoms with Gasteiger partial charge in [-0.3, -0.25) is 0 Å². The van der Waals surface area contributed by atoms with Gasteiger partial charge in [-0.2, -0.15) is 0 Å². The van der Waals surface area contributed by atoms with Crippen molar-refractivity contribution in [2.45, 2.75) is 78.7 Å². The molecule has 1 N–H and O–H groups in total. The summed E-state index contributed by atoms with van der Waals surface area (Å²) in [7, 11) is 0. The number of nitrogens with one attached hydrogen (secondary N) is 1. The highest BCUT2D eigenvalue weighted by Crippen LogP contribution is 2.27. The third-order valence-electron chi connectivity index (χ3n) is 5.35. The molecule has 2 heteroatoms. The molecule has 2 rings (SSSR count). The van der Waals surface area contributed by atoms with Crippen molar-refractivity contribution < 1.29 is 0 Å². The fourth-order valence-corrected chi connectivity index (χ4v) is 4.08. The van der Waals surface area contributed by atoms with E-state index in [1.54, 1.807) is 0 Å². The fraction of sp³-hybridized carbons (Fsp3) is 1.00. The quantitative estimate of drug-likeness (QED) is 0.813. The Labute approximate surface area is 133 Å². The second-order valence-electron chi connectivity index (χ2n) is 8.87. The van der Waals surface area contributed by atoms with E-state index >= 15 is 0 Å². The van der Waals surface area contributed by atoms with Gasteiger partial charge in [0.25, 0.3) is 0 Å². The first-order chi connectivity index (χ1) is 9.96. The summed E-state index contributed by atoms with van der Waals surface area (Å²) < 4.78 is 0. The molecule has 2 unspecified atom stereocenters. The van der Waals surface area contributed by atoms with Crippen LogP contribution >= 0.6 is 0 Å². The largest absolute Gasteiger partial charge is 0.312 e. The molecule has 1 aliphatic carbocycles. The van der Waals surface area contributed by atoms with E-state index in [9.17, 15) is 0 Å². The summed E-state index contributed by atoms with van der Waals surface area (Å²) in [4.78, 5) is 2.79. The van der Waals surface area contributed by atoms with Crippen LogP contribution in [0.4, 0.5) is 0 Å². The molecule has 0 aromatic rings. The number of hydrogen-bond donors (Lipinski definition) is 1. The Bertz CT molecular complexity index is 288. The van der Waals surface area contributed by atoms with Crippen molar-refractivity contribution >= 4 is 0 Å².